The molecule has 0 aromatic heterocycles. The maximum absolute atomic E-state index is 13.1. The summed E-state index contributed by atoms with van der Waals surface area (Å²) in [6.45, 7) is 6.27. The van der Waals surface area contributed by atoms with Gasteiger partial charge in [0.15, 0.2) is 0 Å². The molecule has 0 radical (unpaired) electrons. The Hall–Kier alpha value is -0.970. The Bertz CT molecular complexity index is 391. The van der Waals surface area contributed by atoms with E-state index in [0.717, 1.165) is 26.2 Å². The second-order valence-corrected chi connectivity index (χ2v) is 5.68. The van der Waals surface area contributed by atoms with Crippen LogP contribution in [-0.4, -0.2) is 56.1 Å². The van der Waals surface area contributed by atoms with Crippen LogP contribution in [0.25, 0.3) is 0 Å². The van der Waals surface area contributed by atoms with Gasteiger partial charge in [0, 0.05) is 38.3 Å². The summed E-state index contributed by atoms with van der Waals surface area (Å²) < 4.78 is 13.1. The zero-order valence-electron chi connectivity index (χ0n) is 12.1. The number of halogens is 1. The first-order valence-corrected chi connectivity index (χ1v) is 6.94. The number of rotatable bonds is 4. The fourth-order valence-corrected chi connectivity index (χ4v) is 2.71. The Morgan fingerprint density at radius 3 is 2.63 bits per heavy atom. The van der Waals surface area contributed by atoms with Gasteiger partial charge < -0.3 is 10.2 Å². The van der Waals surface area contributed by atoms with E-state index in [4.69, 9.17) is 0 Å². The molecule has 1 saturated heterocycles. The SMILES string of the molecule is CC1CN(C(CN(C)C)c2ccc(F)cc2)CCN1. The topological polar surface area (TPSA) is 18.5 Å². The molecule has 19 heavy (non-hydrogen) atoms. The van der Waals surface area contributed by atoms with E-state index < -0.39 is 0 Å². The molecule has 0 amide bonds. The van der Waals surface area contributed by atoms with Gasteiger partial charge in [0.1, 0.15) is 5.82 Å². The highest BCUT2D eigenvalue weighted by atomic mass is 19.1. The van der Waals surface area contributed by atoms with E-state index >= 15 is 0 Å². The van der Waals surface area contributed by atoms with Crippen LogP contribution in [0.5, 0.6) is 0 Å². The summed E-state index contributed by atoms with van der Waals surface area (Å²) in [5.41, 5.74) is 1.20. The lowest BCUT2D eigenvalue weighted by Gasteiger charge is -2.39. The van der Waals surface area contributed by atoms with Crippen molar-refractivity contribution in [3.05, 3.63) is 35.6 Å². The van der Waals surface area contributed by atoms with Crippen LogP contribution in [0.1, 0.15) is 18.5 Å². The van der Waals surface area contributed by atoms with Crippen molar-refractivity contribution in [2.45, 2.75) is 19.0 Å². The van der Waals surface area contributed by atoms with Crippen molar-refractivity contribution in [3.8, 4) is 0 Å². The molecule has 4 heteroatoms. The lowest BCUT2D eigenvalue weighted by molar-refractivity contribution is 0.125. The zero-order valence-corrected chi connectivity index (χ0v) is 12.1. The minimum Gasteiger partial charge on any atom is -0.312 e. The molecule has 1 aliphatic rings. The van der Waals surface area contributed by atoms with E-state index in [2.05, 4.69) is 36.1 Å². The van der Waals surface area contributed by atoms with Crippen LogP contribution < -0.4 is 5.32 Å². The summed E-state index contributed by atoms with van der Waals surface area (Å²) >= 11 is 0. The van der Waals surface area contributed by atoms with Gasteiger partial charge >= 0.3 is 0 Å². The van der Waals surface area contributed by atoms with Crippen molar-refractivity contribution >= 4 is 0 Å². The van der Waals surface area contributed by atoms with Gasteiger partial charge in [-0.05, 0) is 38.7 Å². The van der Waals surface area contributed by atoms with E-state index in [9.17, 15) is 4.39 Å². The van der Waals surface area contributed by atoms with Crippen LogP contribution in [0.2, 0.25) is 0 Å². The molecule has 0 bridgehead atoms. The number of hydrogen-bond acceptors (Lipinski definition) is 3. The smallest absolute Gasteiger partial charge is 0.123 e. The maximum Gasteiger partial charge on any atom is 0.123 e. The molecule has 1 heterocycles. The van der Waals surface area contributed by atoms with E-state index in [1.165, 1.54) is 5.56 Å². The summed E-state index contributed by atoms with van der Waals surface area (Å²) in [5, 5.41) is 3.47. The first-order valence-electron chi connectivity index (χ1n) is 6.94. The van der Waals surface area contributed by atoms with Crippen molar-refractivity contribution in [1.82, 2.24) is 15.1 Å². The number of piperazine rings is 1. The second-order valence-electron chi connectivity index (χ2n) is 5.68. The Labute approximate surface area is 115 Å². The number of benzene rings is 1. The molecule has 2 atom stereocenters. The van der Waals surface area contributed by atoms with Crippen LogP contribution in [0.15, 0.2) is 24.3 Å². The molecular weight excluding hydrogens is 241 g/mol. The molecule has 106 valence electrons. The van der Waals surface area contributed by atoms with E-state index in [1.807, 2.05) is 12.1 Å². The highest BCUT2D eigenvalue weighted by Crippen LogP contribution is 2.23. The minimum atomic E-state index is -0.166. The lowest BCUT2D eigenvalue weighted by atomic mass is 10.0. The minimum absolute atomic E-state index is 0.166. The normalized spacial score (nSPS) is 22.7. The van der Waals surface area contributed by atoms with Gasteiger partial charge in [0.25, 0.3) is 0 Å². The average molecular weight is 265 g/mol. The third kappa shape index (κ3) is 4.00. The Morgan fingerprint density at radius 2 is 2.05 bits per heavy atom. The Balaban J connectivity index is 2.17. The van der Waals surface area contributed by atoms with Gasteiger partial charge in [-0.3, -0.25) is 4.90 Å². The van der Waals surface area contributed by atoms with Gasteiger partial charge in [-0.25, -0.2) is 4.39 Å². The average Bonchev–Trinajstić information content (AvgIpc) is 2.37. The largest absolute Gasteiger partial charge is 0.312 e. The van der Waals surface area contributed by atoms with E-state index in [1.54, 1.807) is 12.1 Å². The first kappa shape index (κ1) is 14.4. The van der Waals surface area contributed by atoms with Gasteiger partial charge in [0.2, 0.25) is 0 Å². The standard InChI is InChI=1S/C15H24FN3/c1-12-10-19(9-8-17-12)15(11-18(2)3)13-4-6-14(16)7-5-13/h4-7,12,15,17H,8-11H2,1-3H3. The van der Waals surface area contributed by atoms with Crippen LogP contribution in [0.3, 0.4) is 0 Å². The first-order chi connectivity index (χ1) is 9.06. The maximum atomic E-state index is 13.1. The Kier molecular flexibility index (Phi) is 4.91. The van der Waals surface area contributed by atoms with Crippen LogP contribution >= 0.6 is 0 Å². The highest BCUT2D eigenvalue weighted by molar-refractivity contribution is 5.20. The fourth-order valence-electron chi connectivity index (χ4n) is 2.71. The van der Waals surface area contributed by atoms with Crippen LogP contribution in [-0.2, 0) is 0 Å². The van der Waals surface area contributed by atoms with Crippen molar-refractivity contribution in [2.24, 2.45) is 0 Å². The fraction of sp³-hybridized carbons (Fsp3) is 0.600. The predicted molar refractivity (Wildman–Crippen MR) is 76.7 cm³/mol. The predicted octanol–water partition coefficient (Wildman–Crippen LogP) is 1.72. The van der Waals surface area contributed by atoms with Gasteiger partial charge in [0.05, 0.1) is 0 Å². The monoisotopic (exact) mass is 265 g/mol. The summed E-state index contributed by atoms with van der Waals surface area (Å²) in [4.78, 5) is 4.69. The molecular formula is C15H24FN3. The van der Waals surface area contributed by atoms with Crippen molar-refractivity contribution in [2.75, 3.05) is 40.3 Å². The molecule has 1 N–H and O–H groups in total. The summed E-state index contributed by atoms with van der Waals surface area (Å²) in [5.74, 6) is -0.166. The van der Waals surface area contributed by atoms with Crippen molar-refractivity contribution in [3.63, 3.8) is 0 Å². The molecule has 0 spiro atoms. The summed E-state index contributed by atoms with van der Waals surface area (Å²) in [6.07, 6.45) is 0. The van der Waals surface area contributed by atoms with Crippen molar-refractivity contribution < 1.29 is 4.39 Å². The number of hydrogen-bond donors (Lipinski definition) is 1. The molecule has 1 fully saturated rings. The molecule has 2 rings (SSSR count). The quantitative estimate of drug-likeness (QED) is 0.894. The third-order valence-corrected chi connectivity index (χ3v) is 3.63. The summed E-state index contributed by atoms with van der Waals surface area (Å²) in [6, 6.07) is 7.79. The molecule has 1 aliphatic heterocycles. The zero-order chi connectivity index (χ0) is 13.8. The van der Waals surface area contributed by atoms with E-state index in [-0.39, 0.29) is 5.82 Å². The molecule has 3 nitrogen and oxygen atoms in total. The molecule has 1 aromatic carbocycles. The molecule has 0 saturated carbocycles. The van der Waals surface area contributed by atoms with Gasteiger partial charge in [-0.2, -0.15) is 0 Å². The van der Waals surface area contributed by atoms with E-state index in [0.29, 0.717) is 12.1 Å². The van der Waals surface area contributed by atoms with Gasteiger partial charge in [-0.15, -0.1) is 0 Å². The Morgan fingerprint density at radius 1 is 1.37 bits per heavy atom. The second kappa shape index (κ2) is 6.46. The van der Waals surface area contributed by atoms with Crippen LogP contribution in [0, 0.1) is 5.82 Å². The number of likely N-dealkylation sites (N-methyl/N-ethyl adjacent to an activating group) is 1. The van der Waals surface area contributed by atoms with Gasteiger partial charge in [-0.1, -0.05) is 12.1 Å². The highest BCUT2D eigenvalue weighted by Gasteiger charge is 2.25. The summed E-state index contributed by atoms with van der Waals surface area (Å²) in [7, 11) is 4.17. The molecule has 0 aliphatic carbocycles. The van der Waals surface area contributed by atoms with Crippen molar-refractivity contribution in [1.29, 1.82) is 0 Å². The molecule has 1 aromatic rings. The molecule has 2 unspecified atom stereocenters. The number of nitrogens with zero attached hydrogens (tertiary/aromatic N) is 2. The third-order valence-electron chi connectivity index (χ3n) is 3.63. The van der Waals surface area contributed by atoms with Crippen LogP contribution in [0.4, 0.5) is 4.39 Å². The number of nitrogens with one attached hydrogen (secondary N) is 1. The lowest BCUT2D eigenvalue weighted by Crippen LogP contribution is -2.51.